The van der Waals surface area contributed by atoms with Gasteiger partial charge in [0.25, 0.3) is 0 Å². The Labute approximate surface area is 259 Å². The van der Waals surface area contributed by atoms with E-state index < -0.39 is 17.4 Å². The summed E-state index contributed by atoms with van der Waals surface area (Å²) in [6, 6.07) is 13.8. The monoisotopic (exact) mass is 620 g/mol. The zero-order valence-corrected chi connectivity index (χ0v) is 25.4. The van der Waals surface area contributed by atoms with Crippen LogP contribution in [0.25, 0.3) is 11.2 Å². The van der Waals surface area contributed by atoms with E-state index in [1.165, 1.54) is 12.1 Å². The summed E-state index contributed by atoms with van der Waals surface area (Å²) in [6.07, 6.45) is 2.77. The van der Waals surface area contributed by atoms with Crippen molar-refractivity contribution in [1.82, 2.24) is 19.4 Å². The highest BCUT2D eigenvalue weighted by Crippen LogP contribution is 2.46. The molecule has 0 radical (unpaired) electrons. The normalized spacial score (nSPS) is 23.9. The van der Waals surface area contributed by atoms with Crippen LogP contribution in [-0.2, 0) is 23.4 Å². The van der Waals surface area contributed by atoms with Crippen LogP contribution in [0.1, 0.15) is 66.5 Å². The van der Waals surface area contributed by atoms with E-state index in [1.54, 1.807) is 18.2 Å². The molecule has 0 bridgehead atoms. The number of aromatic nitrogens is 3. The molecule has 0 amide bonds. The first-order valence-electron chi connectivity index (χ1n) is 15.0. The van der Waals surface area contributed by atoms with E-state index >= 15 is 0 Å². The fraction of sp³-hybridized carbons (Fsp3) is 0.424. The molecule has 11 heteroatoms. The average molecular weight is 621 g/mol. The lowest BCUT2D eigenvalue weighted by atomic mass is 9.87. The van der Waals surface area contributed by atoms with Crippen LogP contribution in [-0.4, -0.2) is 62.4 Å². The van der Waals surface area contributed by atoms with Gasteiger partial charge in [-0.3, -0.25) is 4.90 Å². The molecule has 230 valence electrons. The lowest BCUT2D eigenvalue weighted by molar-refractivity contribution is -0.142. The maximum absolute atomic E-state index is 14.8. The highest BCUT2D eigenvalue weighted by atomic mass is 35.5. The van der Waals surface area contributed by atoms with Crippen molar-refractivity contribution in [2.24, 2.45) is 0 Å². The summed E-state index contributed by atoms with van der Waals surface area (Å²) in [7, 11) is 0. The Morgan fingerprint density at radius 1 is 1.14 bits per heavy atom. The number of rotatable bonds is 7. The van der Waals surface area contributed by atoms with Gasteiger partial charge in [0.05, 0.1) is 25.3 Å². The molecule has 9 nitrogen and oxygen atoms in total. The van der Waals surface area contributed by atoms with Crippen molar-refractivity contribution < 1.29 is 28.5 Å². The Bertz CT molecular complexity index is 1750. The first-order chi connectivity index (χ1) is 21.1. The molecule has 2 aromatic heterocycles. The third-order valence-corrected chi connectivity index (χ3v) is 9.43. The van der Waals surface area contributed by atoms with Gasteiger partial charge in [0.2, 0.25) is 0 Å². The highest BCUT2D eigenvalue weighted by molar-refractivity contribution is 6.30. The van der Waals surface area contributed by atoms with Crippen LogP contribution in [0, 0.1) is 5.82 Å². The average Bonchev–Trinajstić information content (AvgIpc) is 3.31. The van der Waals surface area contributed by atoms with Gasteiger partial charge in [0.15, 0.2) is 28.4 Å². The van der Waals surface area contributed by atoms with Gasteiger partial charge in [-0.1, -0.05) is 29.8 Å². The van der Waals surface area contributed by atoms with Crippen LogP contribution in [0.5, 0.6) is 11.5 Å². The number of ether oxygens (including phenoxy) is 3. The molecule has 0 aliphatic carbocycles. The predicted octanol–water partition coefficient (Wildman–Crippen LogP) is 6.17. The number of pyridine rings is 1. The number of nitrogens with zero attached hydrogens (tertiary/aromatic N) is 4. The Hall–Kier alpha value is -3.73. The molecule has 7 rings (SSSR count). The maximum Gasteiger partial charge on any atom is 0.354 e. The number of carboxylic acid groups (broad SMARTS) is 1. The number of fused-ring (bicyclic) bond motifs is 2. The van der Waals surface area contributed by atoms with Crippen molar-refractivity contribution in [3.8, 4) is 11.5 Å². The molecule has 3 aliphatic heterocycles. The molecule has 0 saturated carbocycles. The number of likely N-dealkylation sites (tertiary alicyclic amines) is 1. The van der Waals surface area contributed by atoms with Crippen LogP contribution in [0.15, 0.2) is 48.5 Å². The number of carbonyl (C=O) groups is 1. The van der Waals surface area contributed by atoms with Crippen molar-refractivity contribution in [2.45, 2.75) is 63.3 Å². The summed E-state index contributed by atoms with van der Waals surface area (Å²) in [5.74, 6) is 0.996. The Morgan fingerprint density at radius 3 is 2.64 bits per heavy atom. The number of aromatic carboxylic acids is 1. The largest absolute Gasteiger partial charge is 0.485 e. The standard InChI is InChI=1S/C33H34ClFN4O5/c1-32(12-15-43-32)18-39-28(36-25-8-9-26(31(40)41)37-30(25)39)17-38-13-10-20(11-14-38)22-4-3-5-27-29(22)42-19-33(2,44-27)23-7-6-21(34)16-24(23)35/h3-9,16,20H,10-15,17-19H2,1-2H3,(H,40,41)/t32-,33?/m0/s1. The summed E-state index contributed by atoms with van der Waals surface area (Å²) < 4.78 is 35.4. The van der Waals surface area contributed by atoms with E-state index in [9.17, 15) is 14.3 Å². The van der Waals surface area contributed by atoms with Gasteiger partial charge in [-0.15, -0.1) is 0 Å². The van der Waals surface area contributed by atoms with Gasteiger partial charge in [0, 0.05) is 22.6 Å². The molecule has 3 aliphatic rings. The van der Waals surface area contributed by atoms with E-state index in [2.05, 4.69) is 22.9 Å². The second-order valence-electron chi connectivity index (χ2n) is 12.5. The fourth-order valence-corrected chi connectivity index (χ4v) is 6.75. The number of imidazole rings is 1. The quantitative estimate of drug-likeness (QED) is 0.262. The van der Waals surface area contributed by atoms with Crippen molar-refractivity contribution in [1.29, 1.82) is 0 Å². The van der Waals surface area contributed by atoms with Crippen LogP contribution in [0.3, 0.4) is 0 Å². The predicted molar refractivity (Wildman–Crippen MR) is 162 cm³/mol. The Morgan fingerprint density at radius 2 is 1.93 bits per heavy atom. The number of para-hydroxylation sites is 1. The number of benzene rings is 2. The number of carboxylic acids is 1. The second kappa shape index (κ2) is 11.0. The van der Waals surface area contributed by atoms with Crippen LogP contribution < -0.4 is 9.47 Å². The summed E-state index contributed by atoms with van der Waals surface area (Å²) in [5, 5.41) is 9.86. The summed E-state index contributed by atoms with van der Waals surface area (Å²) in [6.45, 7) is 7.70. The summed E-state index contributed by atoms with van der Waals surface area (Å²) >= 11 is 5.97. The molecule has 5 heterocycles. The third-order valence-electron chi connectivity index (χ3n) is 9.19. The minimum absolute atomic E-state index is 0.00158. The molecule has 0 spiro atoms. The third kappa shape index (κ3) is 5.29. The topological polar surface area (TPSA) is 98.9 Å². The molecule has 2 aromatic carbocycles. The molecule has 2 fully saturated rings. The number of piperidine rings is 1. The molecule has 4 aromatic rings. The number of hydrogen-bond donors (Lipinski definition) is 1. The van der Waals surface area contributed by atoms with E-state index in [1.807, 2.05) is 23.6 Å². The van der Waals surface area contributed by atoms with Crippen LogP contribution in [0.4, 0.5) is 4.39 Å². The smallest absolute Gasteiger partial charge is 0.354 e. The molecule has 2 atom stereocenters. The molecule has 44 heavy (non-hydrogen) atoms. The minimum atomic E-state index is -1.06. The Kier molecular flexibility index (Phi) is 7.26. The van der Waals surface area contributed by atoms with Crippen molar-refractivity contribution >= 4 is 28.7 Å². The zero-order chi connectivity index (χ0) is 30.6. The lowest BCUT2D eigenvalue weighted by Crippen LogP contribution is -2.45. The molecular formula is C33H34ClFN4O5. The fourth-order valence-electron chi connectivity index (χ4n) is 6.59. The van der Waals surface area contributed by atoms with Gasteiger partial charge in [-0.25, -0.2) is 19.2 Å². The SMILES string of the molecule is CC1(c2ccc(Cl)cc2F)COc2c(cccc2C2CCN(Cc3nc4ccc(C(=O)O)nc4n3C[C@]3(C)CCO3)CC2)O1. The van der Waals surface area contributed by atoms with Crippen molar-refractivity contribution in [3.63, 3.8) is 0 Å². The highest BCUT2D eigenvalue weighted by Gasteiger charge is 2.39. The van der Waals surface area contributed by atoms with E-state index in [4.69, 9.17) is 30.8 Å². The van der Waals surface area contributed by atoms with Crippen LogP contribution in [0.2, 0.25) is 5.02 Å². The maximum atomic E-state index is 14.8. The van der Waals surface area contributed by atoms with E-state index in [-0.39, 0.29) is 23.8 Å². The first-order valence-corrected chi connectivity index (χ1v) is 15.3. The van der Waals surface area contributed by atoms with E-state index in [0.29, 0.717) is 40.6 Å². The van der Waals surface area contributed by atoms with Crippen molar-refractivity contribution in [2.75, 3.05) is 26.3 Å². The van der Waals surface area contributed by atoms with Gasteiger partial charge in [0.1, 0.15) is 23.8 Å². The molecule has 1 N–H and O–H groups in total. The zero-order valence-electron chi connectivity index (χ0n) is 24.7. The lowest BCUT2D eigenvalue weighted by Gasteiger charge is -2.39. The van der Waals surface area contributed by atoms with Gasteiger partial charge < -0.3 is 23.9 Å². The molecular weight excluding hydrogens is 587 g/mol. The summed E-state index contributed by atoms with van der Waals surface area (Å²) in [5.41, 5.74) is 1.47. The first kappa shape index (κ1) is 29.0. The Balaban J connectivity index is 1.08. The van der Waals surface area contributed by atoms with Gasteiger partial charge in [-0.2, -0.15) is 0 Å². The van der Waals surface area contributed by atoms with Gasteiger partial charge >= 0.3 is 5.97 Å². The molecule has 2 saturated heterocycles. The van der Waals surface area contributed by atoms with Crippen LogP contribution >= 0.6 is 11.6 Å². The minimum Gasteiger partial charge on any atom is -0.485 e. The summed E-state index contributed by atoms with van der Waals surface area (Å²) in [4.78, 5) is 23.3. The van der Waals surface area contributed by atoms with Crippen molar-refractivity contribution in [3.05, 3.63) is 82.0 Å². The number of hydrogen-bond acceptors (Lipinski definition) is 7. The second-order valence-corrected chi connectivity index (χ2v) is 12.9. The van der Waals surface area contributed by atoms with Gasteiger partial charge in [-0.05, 0) is 76.0 Å². The van der Waals surface area contributed by atoms with E-state index in [0.717, 1.165) is 56.1 Å². The molecule has 1 unspecified atom stereocenters. The number of halogens is 2.